The van der Waals surface area contributed by atoms with Crippen LogP contribution in [0.15, 0.2) is 66.7 Å². The van der Waals surface area contributed by atoms with Crippen LogP contribution in [0, 0.1) is 0 Å². The molecule has 1 heterocycles. The van der Waals surface area contributed by atoms with E-state index in [9.17, 15) is 9.59 Å². The summed E-state index contributed by atoms with van der Waals surface area (Å²) in [6.45, 7) is 4.46. The molecule has 0 saturated heterocycles. The van der Waals surface area contributed by atoms with Crippen molar-refractivity contribution in [2.75, 3.05) is 18.5 Å². The monoisotopic (exact) mass is 421 g/mol. The van der Waals surface area contributed by atoms with Gasteiger partial charge in [0, 0.05) is 16.5 Å². The molecule has 1 amide bonds. The summed E-state index contributed by atoms with van der Waals surface area (Å²) in [6, 6.07) is 18.9. The second-order valence-corrected chi connectivity index (χ2v) is 7.29. The Hall–Kier alpha value is -3.38. The van der Waals surface area contributed by atoms with E-state index in [0.717, 1.165) is 16.0 Å². The maximum Gasteiger partial charge on any atom is 0.341 e. The number of nitrogens with one attached hydrogen (secondary N) is 1. The van der Waals surface area contributed by atoms with Gasteiger partial charge in [0.15, 0.2) is 0 Å². The van der Waals surface area contributed by atoms with Crippen LogP contribution >= 0.6 is 11.3 Å². The molecule has 0 fully saturated rings. The van der Waals surface area contributed by atoms with E-state index in [0.29, 0.717) is 22.9 Å². The lowest BCUT2D eigenvalue weighted by atomic mass is 10.1. The first kappa shape index (κ1) is 21.3. The number of carbonyl (C=O) groups excluding carboxylic acids is 2. The van der Waals surface area contributed by atoms with Crippen LogP contribution in [-0.4, -0.2) is 25.1 Å². The van der Waals surface area contributed by atoms with E-state index >= 15 is 0 Å². The van der Waals surface area contributed by atoms with Gasteiger partial charge in [0.1, 0.15) is 10.8 Å². The largest absolute Gasteiger partial charge is 0.493 e. The summed E-state index contributed by atoms with van der Waals surface area (Å²) in [4.78, 5) is 25.8. The molecule has 0 spiro atoms. The van der Waals surface area contributed by atoms with E-state index < -0.39 is 5.97 Å². The minimum absolute atomic E-state index is 0.261. The molecule has 2 aromatic carbocycles. The number of thiophene rings is 1. The van der Waals surface area contributed by atoms with Gasteiger partial charge in [-0.05, 0) is 37.6 Å². The van der Waals surface area contributed by atoms with E-state index in [1.807, 2.05) is 61.5 Å². The van der Waals surface area contributed by atoms with Crippen molar-refractivity contribution in [1.82, 2.24) is 0 Å². The second-order valence-electron chi connectivity index (χ2n) is 6.23. The maximum atomic E-state index is 12.5. The molecule has 0 aliphatic rings. The van der Waals surface area contributed by atoms with Gasteiger partial charge in [-0.2, -0.15) is 0 Å². The Labute approximate surface area is 180 Å². The molecule has 6 heteroatoms. The van der Waals surface area contributed by atoms with Gasteiger partial charge in [0.05, 0.1) is 18.8 Å². The van der Waals surface area contributed by atoms with Crippen LogP contribution in [0.2, 0.25) is 0 Å². The fraction of sp³-hybridized carbons (Fsp3) is 0.167. The van der Waals surface area contributed by atoms with Crippen LogP contribution in [0.4, 0.5) is 5.00 Å². The highest BCUT2D eigenvalue weighted by Gasteiger charge is 2.19. The van der Waals surface area contributed by atoms with Crippen molar-refractivity contribution in [1.29, 1.82) is 0 Å². The molecule has 0 bridgehead atoms. The predicted molar refractivity (Wildman–Crippen MR) is 121 cm³/mol. The molecule has 30 heavy (non-hydrogen) atoms. The number of para-hydroxylation sites is 1. The molecule has 0 atom stereocenters. The average Bonchev–Trinajstić information content (AvgIpc) is 3.18. The highest BCUT2D eigenvalue weighted by Crippen LogP contribution is 2.36. The summed E-state index contributed by atoms with van der Waals surface area (Å²) >= 11 is 1.34. The van der Waals surface area contributed by atoms with Crippen LogP contribution in [0.25, 0.3) is 16.5 Å². The number of carbonyl (C=O) groups is 2. The van der Waals surface area contributed by atoms with E-state index in [-0.39, 0.29) is 12.5 Å². The van der Waals surface area contributed by atoms with E-state index in [1.165, 1.54) is 17.4 Å². The number of ether oxygens (including phenoxy) is 2. The lowest BCUT2D eigenvalue weighted by molar-refractivity contribution is -0.111. The number of anilines is 1. The Kier molecular flexibility index (Phi) is 7.40. The summed E-state index contributed by atoms with van der Waals surface area (Å²) in [5.41, 5.74) is 2.11. The molecule has 0 unspecified atom stereocenters. The highest BCUT2D eigenvalue weighted by molar-refractivity contribution is 7.20. The number of benzene rings is 2. The SMILES string of the molecule is CCOC(=O)c1cc(-c2ccccc2)sc1NC(=O)/C=C/c1ccccc1OCC. The highest BCUT2D eigenvalue weighted by atomic mass is 32.1. The van der Waals surface area contributed by atoms with Crippen molar-refractivity contribution in [3.05, 3.63) is 77.9 Å². The molecule has 0 aliphatic carbocycles. The van der Waals surface area contributed by atoms with Gasteiger partial charge in [-0.15, -0.1) is 11.3 Å². The third-order valence-electron chi connectivity index (χ3n) is 4.16. The summed E-state index contributed by atoms with van der Waals surface area (Å²) in [5, 5.41) is 3.27. The molecule has 3 rings (SSSR count). The zero-order valence-electron chi connectivity index (χ0n) is 16.9. The average molecular weight is 422 g/mol. The Morgan fingerprint density at radius 2 is 1.73 bits per heavy atom. The minimum Gasteiger partial charge on any atom is -0.493 e. The van der Waals surface area contributed by atoms with Gasteiger partial charge in [0.2, 0.25) is 5.91 Å². The minimum atomic E-state index is -0.461. The van der Waals surface area contributed by atoms with Crippen LogP contribution in [0.3, 0.4) is 0 Å². The zero-order chi connectivity index (χ0) is 21.3. The topological polar surface area (TPSA) is 64.6 Å². The van der Waals surface area contributed by atoms with Gasteiger partial charge in [0.25, 0.3) is 0 Å². The third kappa shape index (κ3) is 5.36. The van der Waals surface area contributed by atoms with E-state index in [4.69, 9.17) is 9.47 Å². The van der Waals surface area contributed by atoms with Crippen LogP contribution in [0.5, 0.6) is 5.75 Å². The van der Waals surface area contributed by atoms with Gasteiger partial charge < -0.3 is 14.8 Å². The van der Waals surface area contributed by atoms with Crippen molar-refractivity contribution in [3.63, 3.8) is 0 Å². The molecule has 5 nitrogen and oxygen atoms in total. The van der Waals surface area contributed by atoms with Crippen molar-refractivity contribution < 1.29 is 19.1 Å². The number of hydrogen-bond acceptors (Lipinski definition) is 5. The fourth-order valence-corrected chi connectivity index (χ4v) is 3.87. The van der Waals surface area contributed by atoms with Gasteiger partial charge >= 0.3 is 5.97 Å². The molecule has 154 valence electrons. The van der Waals surface area contributed by atoms with Crippen LogP contribution in [-0.2, 0) is 9.53 Å². The summed E-state index contributed by atoms with van der Waals surface area (Å²) < 4.78 is 10.7. The van der Waals surface area contributed by atoms with Gasteiger partial charge in [-0.3, -0.25) is 4.79 Å². The predicted octanol–water partition coefficient (Wildman–Crippen LogP) is 5.64. The Balaban J connectivity index is 1.83. The summed E-state index contributed by atoms with van der Waals surface area (Å²) in [7, 11) is 0. The molecular weight excluding hydrogens is 398 g/mol. The van der Waals surface area contributed by atoms with E-state index in [1.54, 1.807) is 19.1 Å². The lowest BCUT2D eigenvalue weighted by Crippen LogP contribution is -2.11. The second kappa shape index (κ2) is 10.4. The zero-order valence-corrected chi connectivity index (χ0v) is 17.7. The normalized spacial score (nSPS) is 10.7. The molecule has 0 aliphatic heterocycles. The van der Waals surface area contributed by atoms with Crippen molar-refractivity contribution in [2.45, 2.75) is 13.8 Å². The number of rotatable bonds is 8. The van der Waals surface area contributed by atoms with Crippen molar-refractivity contribution >= 4 is 34.3 Å². The van der Waals surface area contributed by atoms with Crippen molar-refractivity contribution in [3.8, 4) is 16.2 Å². The standard InChI is InChI=1S/C24H23NO4S/c1-3-28-20-13-9-8-10-17(20)14-15-22(26)25-23-19(24(27)29-4-2)16-21(30-23)18-11-6-5-7-12-18/h5-16H,3-4H2,1-2H3,(H,25,26)/b15-14+. The number of esters is 1. The quantitative estimate of drug-likeness (QED) is 0.377. The first-order valence-electron chi connectivity index (χ1n) is 9.69. The Morgan fingerprint density at radius 1 is 1.00 bits per heavy atom. The first-order valence-corrected chi connectivity index (χ1v) is 10.5. The molecule has 1 aromatic heterocycles. The van der Waals surface area contributed by atoms with Gasteiger partial charge in [-0.25, -0.2) is 4.79 Å². The van der Waals surface area contributed by atoms with Gasteiger partial charge in [-0.1, -0.05) is 48.5 Å². The first-order chi connectivity index (χ1) is 14.6. The Morgan fingerprint density at radius 3 is 2.47 bits per heavy atom. The molecule has 0 saturated carbocycles. The fourth-order valence-electron chi connectivity index (χ4n) is 2.81. The smallest absolute Gasteiger partial charge is 0.341 e. The van der Waals surface area contributed by atoms with Crippen LogP contribution in [0.1, 0.15) is 29.8 Å². The van der Waals surface area contributed by atoms with E-state index in [2.05, 4.69) is 5.32 Å². The number of amides is 1. The van der Waals surface area contributed by atoms with Crippen molar-refractivity contribution in [2.24, 2.45) is 0 Å². The number of hydrogen-bond donors (Lipinski definition) is 1. The molecule has 3 aromatic rings. The molecule has 0 radical (unpaired) electrons. The summed E-state index contributed by atoms with van der Waals surface area (Å²) in [5.74, 6) is -0.0936. The lowest BCUT2D eigenvalue weighted by Gasteiger charge is -2.06. The molecule has 1 N–H and O–H groups in total. The summed E-state index contributed by atoms with van der Waals surface area (Å²) in [6.07, 6.45) is 3.12. The third-order valence-corrected chi connectivity index (χ3v) is 5.26. The Bertz CT molecular complexity index is 1040. The molecular formula is C24H23NO4S. The maximum absolute atomic E-state index is 12.5. The van der Waals surface area contributed by atoms with Crippen LogP contribution < -0.4 is 10.1 Å².